The topological polar surface area (TPSA) is 77.5 Å². The number of aryl methyl sites for hydroxylation is 1. The molecule has 1 aliphatic carbocycles. The average molecular weight is 453 g/mol. The Bertz CT molecular complexity index is 950. The fourth-order valence-electron chi connectivity index (χ4n) is 3.78. The largest absolute Gasteiger partial charge is 0.478 e. The first-order valence-electron chi connectivity index (χ1n) is 10.1. The maximum atomic E-state index is 12.2. The molecule has 6 nitrogen and oxygen atoms in total. The van der Waals surface area contributed by atoms with Gasteiger partial charge < -0.3 is 14.8 Å². The van der Waals surface area contributed by atoms with Crippen molar-refractivity contribution in [1.82, 2.24) is 10.3 Å². The van der Waals surface area contributed by atoms with E-state index in [1.807, 2.05) is 19.1 Å². The Labute approximate surface area is 186 Å². The summed E-state index contributed by atoms with van der Waals surface area (Å²) in [4.78, 5) is 28.7. The van der Waals surface area contributed by atoms with Crippen molar-refractivity contribution in [3.05, 3.63) is 33.9 Å². The number of ether oxygens (including phenoxy) is 2. The average Bonchev–Trinajstić information content (AvgIpc) is 2.69. The molecule has 1 heterocycles. The van der Waals surface area contributed by atoms with Crippen molar-refractivity contribution in [1.29, 1.82) is 0 Å². The van der Waals surface area contributed by atoms with E-state index in [9.17, 15) is 9.59 Å². The lowest BCUT2D eigenvalue weighted by atomic mass is 9.78. The van der Waals surface area contributed by atoms with E-state index in [2.05, 4.69) is 24.1 Å². The van der Waals surface area contributed by atoms with Gasteiger partial charge in [-0.05, 0) is 43.4 Å². The molecule has 1 amide bonds. The number of hydrogen-bond acceptors (Lipinski definition) is 5. The number of carbonyl (C=O) groups is 2. The van der Waals surface area contributed by atoms with Gasteiger partial charge in [-0.2, -0.15) is 0 Å². The molecule has 0 radical (unpaired) electrons. The van der Waals surface area contributed by atoms with Crippen LogP contribution in [0.25, 0.3) is 10.9 Å². The van der Waals surface area contributed by atoms with Gasteiger partial charge in [-0.3, -0.25) is 4.79 Å². The third kappa shape index (κ3) is 5.35. The first-order valence-corrected chi connectivity index (χ1v) is 10.8. The lowest BCUT2D eigenvalue weighted by Gasteiger charge is -2.34. The summed E-state index contributed by atoms with van der Waals surface area (Å²) in [6.45, 7) is 5.44. The highest BCUT2D eigenvalue weighted by Crippen LogP contribution is 2.37. The van der Waals surface area contributed by atoms with Gasteiger partial charge in [-0.1, -0.05) is 49.9 Å². The number of nitrogens with one attached hydrogen (secondary N) is 1. The molecular formula is C22H26Cl2N2O4. The number of halogens is 2. The number of benzene rings is 1. The molecule has 0 aliphatic heterocycles. The first-order chi connectivity index (χ1) is 14.3. The molecule has 3 rings (SSSR count). The predicted molar refractivity (Wildman–Crippen MR) is 117 cm³/mol. The van der Waals surface area contributed by atoms with Crippen LogP contribution in [0.2, 0.25) is 10.0 Å². The van der Waals surface area contributed by atoms with Gasteiger partial charge >= 0.3 is 5.97 Å². The monoisotopic (exact) mass is 452 g/mol. The summed E-state index contributed by atoms with van der Waals surface area (Å²) in [7, 11) is 0. The summed E-state index contributed by atoms with van der Waals surface area (Å²) in [6, 6.07) is 5.30. The zero-order valence-electron chi connectivity index (χ0n) is 17.3. The molecule has 0 spiro atoms. The van der Waals surface area contributed by atoms with Gasteiger partial charge in [0, 0.05) is 17.1 Å². The first kappa shape index (κ1) is 22.6. The van der Waals surface area contributed by atoms with Crippen LogP contribution in [-0.4, -0.2) is 36.1 Å². The van der Waals surface area contributed by atoms with Gasteiger partial charge in [0.15, 0.2) is 19.0 Å². The van der Waals surface area contributed by atoms with E-state index in [4.69, 9.17) is 32.7 Å². The number of rotatable bonds is 6. The second-order valence-corrected chi connectivity index (χ2v) is 8.72. The molecular weight excluding hydrogens is 427 g/mol. The molecule has 1 aromatic heterocycles. The minimum atomic E-state index is -0.665. The normalized spacial score (nSPS) is 21.3. The van der Waals surface area contributed by atoms with Crippen LogP contribution in [0.5, 0.6) is 5.75 Å². The number of pyridine rings is 1. The minimum absolute atomic E-state index is 0.116. The van der Waals surface area contributed by atoms with Crippen molar-refractivity contribution >= 4 is 46.0 Å². The summed E-state index contributed by atoms with van der Waals surface area (Å²) in [5.41, 5.74) is 1.23. The molecule has 1 aromatic carbocycles. The number of carbonyl (C=O) groups excluding carboxylic acids is 2. The number of esters is 1. The van der Waals surface area contributed by atoms with Gasteiger partial charge in [0.2, 0.25) is 0 Å². The van der Waals surface area contributed by atoms with Crippen molar-refractivity contribution in [2.75, 3.05) is 13.2 Å². The molecule has 162 valence electrons. The quantitative estimate of drug-likeness (QED) is 0.641. The second-order valence-electron chi connectivity index (χ2n) is 7.91. The molecule has 8 heteroatoms. The number of amides is 1. The summed E-state index contributed by atoms with van der Waals surface area (Å²) in [6.07, 6.45) is 3.21. The molecule has 0 unspecified atom stereocenters. The van der Waals surface area contributed by atoms with Crippen molar-refractivity contribution < 1.29 is 19.1 Å². The zero-order chi connectivity index (χ0) is 21.8. The number of nitrogens with zero attached hydrogens (tertiary/aromatic N) is 1. The van der Waals surface area contributed by atoms with E-state index in [-0.39, 0.29) is 29.3 Å². The van der Waals surface area contributed by atoms with Crippen molar-refractivity contribution in [3.8, 4) is 5.75 Å². The smallest absolute Gasteiger partial charge is 0.344 e. The Hall–Kier alpha value is -2.05. The Morgan fingerprint density at radius 3 is 2.70 bits per heavy atom. The highest BCUT2D eigenvalue weighted by Gasteiger charge is 2.28. The van der Waals surface area contributed by atoms with Gasteiger partial charge in [-0.25, -0.2) is 9.78 Å². The molecule has 1 N–H and O–H groups in total. The van der Waals surface area contributed by atoms with Gasteiger partial charge in [-0.15, -0.1) is 0 Å². The van der Waals surface area contributed by atoms with Crippen molar-refractivity contribution in [3.63, 3.8) is 0 Å². The molecule has 30 heavy (non-hydrogen) atoms. The Balaban J connectivity index is 1.55. The predicted octanol–water partition coefficient (Wildman–Crippen LogP) is 4.71. The van der Waals surface area contributed by atoms with Crippen LogP contribution in [0.15, 0.2) is 18.2 Å². The van der Waals surface area contributed by atoms with E-state index < -0.39 is 12.6 Å². The van der Waals surface area contributed by atoms with Crippen LogP contribution in [-0.2, 0) is 14.3 Å². The SMILES string of the molecule is Cc1ccc2c(Cl)cc(Cl)c(OCC(=O)OCC(=O)N[C@@H]3CCC[C@H](C)[C@H]3C)c2n1. The van der Waals surface area contributed by atoms with Crippen molar-refractivity contribution in [2.45, 2.75) is 46.1 Å². The lowest BCUT2D eigenvalue weighted by Crippen LogP contribution is -2.45. The van der Waals surface area contributed by atoms with E-state index in [1.165, 1.54) is 6.42 Å². The van der Waals surface area contributed by atoms with Crippen LogP contribution in [0, 0.1) is 18.8 Å². The van der Waals surface area contributed by atoms with Crippen LogP contribution in [0.3, 0.4) is 0 Å². The van der Waals surface area contributed by atoms with E-state index in [0.29, 0.717) is 27.8 Å². The fourth-order valence-corrected chi connectivity index (χ4v) is 4.35. The molecule has 1 fully saturated rings. The lowest BCUT2D eigenvalue weighted by molar-refractivity contribution is -0.150. The van der Waals surface area contributed by atoms with Crippen molar-refractivity contribution in [2.24, 2.45) is 11.8 Å². The molecule has 0 saturated heterocycles. The summed E-state index contributed by atoms with van der Waals surface area (Å²) >= 11 is 12.5. The fraction of sp³-hybridized carbons (Fsp3) is 0.500. The molecule has 0 bridgehead atoms. The summed E-state index contributed by atoms with van der Waals surface area (Å²) < 4.78 is 10.6. The molecule has 1 aliphatic rings. The highest BCUT2D eigenvalue weighted by atomic mass is 35.5. The van der Waals surface area contributed by atoms with Gasteiger partial charge in [0.25, 0.3) is 5.91 Å². The van der Waals surface area contributed by atoms with Gasteiger partial charge in [0.05, 0.1) is 10.0 Å². The molecule has 3 atom stereocenters. The number of hydrogen-bond donors (Lipinski definition) is 1. The summed E-state index contributed by atoms with van der Waals surface area (Å²) in [5.74, 6) is 0.254. The number of fused-ring (bicyclic) bond motifs is 1. The van der Waals surface area contributed by atoms with Gasteiger partial charge in [0.1, 0.15) is 5.52 Å². The van der Waals surface area contributed by atoms with E-state index >= 15 is 0 Å². The maximum absolute atomic E-state index is 12.2. The zero-order valence-corrected chi connectivity index (χ0v) is 18.8. The third-order valence-corrected chi connectivity index (χ3v) is 6.32. The Kier molecular flexibility index (Phi) is 7.42. The Morgan fingerprint density at radius 1 is 1.17 bits per heavy atom. The van der Waals surface area contributed by atoms with E-state index in [0.717, 1.165) is 18.5 Å². The highest BCUT2D eigenvalue weighted by molar-refractivity contribution is 6.39. The van der Waals surface area contributed by atoms with Crippen LogP contribution in [0.1, 0.15) is 38.8 Å². The third-order valence-electron chi connectivity index (χ3n) is 5.73. The summed E-state index contributed by atoms with van der Waals surface area (Å²) in [5, 5.41) is 4.33. The second kappa shape index (κ2) is 9.84. The van der Waals surface area contributed by atoms with Crippen LogP contribution >= 0.6 is 23.2 Å². The Morgan fingerprint density at radius 2 is 1.93 bits per heavy atom. The number of aromatic nitrogens is 1. The van der Waals surface area contributed by atoms with E-state index in [1.54, 1.807) is 6.07 Å². The molecule has 1 saturated carbocycles. The van der Waals surface area contributed by atoms with Crippen LogP contribution < -0.4 is 10.1 Å². The molecule has 2 aromatic rings. The van der Waals surface area contributed by atoms with Crippen LogP contribution in [0.4, 0.5) is 0 Å². The standard InChI is InChI=1S/C22H26Cl2N2O4/c1-12-5-4-6-18(14(12)3)26-19(27)10-29-20(28)11-30-22-17(24)9-16(23)15-8-7-13(2)25-21(15)22/h7-9,12,14,18H,4-6,10-11H2,1-3H3,(H,26,27)/t12-,14+,18+/m0/s1. The minimum Gasteiger partial charge on any atom is -0.478 e. The maximum Gasteiger partial charge on any atom is 0.344 e.